The van der Waals surface area contributed by atoms with E-state index < -0.39 is 0 Å². The number of aryl methyl sites for hydroxylation is 2. The van der Waals surface area contributed by atoms with Crippen LogP contribution in [0.15, 0.2) is 11.4 Å². The molecule has 2 aliphatic rings. The van der Waals surface area contributed by atoms with Gasteiger partial charge in [0.15, 0.2) is 0 Å². The molecule has 1 saturated heterocycles. The molecule has 134 valence electrons. The third-order valence-corrected chi connectivity index (χ3v) is 7.40. The Hall–Kier alpha value is -1.18. The van der Waals surface area contributed by atoms with E-state index in [1.165, 1.54) is 23.3 Å². The first kappa shape index (κ1) is 17.2. The Morgan fingerprint density at radius 3 is 3.08 bits per heavy atom. The van der Waals surface area contributed by atoms with E-state index in [0.717, 1.165) is 34.6 Å². The topological polar surface area (TPSA) is 55.3 Å². The summed E-state index contributed by atoms with van der Waals surface area (Å²) >= 11 is 3.24. The fraction of sp³-hybridized carbons (Fsp3) is 0.611. The summed E-state index contributed by atoms with van der Waals surface area (Å²) in [6.07, 6.45) is 6.41. The lowest BCUT2D eigenvalue weighted by atomic mass is 9.90. The molecule has 0 bridgehead atoms. The van der Waals surface area contributed by atoms with E-state index in [1.807, 2.05) is 0 Å². The fourth-order valence-corrected chi connectivity index (χ4v) is 5.88. The molecule has 1 aliphatic heterocycles. The molecular formula is C18H23N3O2S2. The predicted octanol–water partition coefficient (Wildman–Crippen LogP) is 3.57. The highest BCUT2D eigenvalue weighted by molar-refractivity contribution is 8.00. The van der Waals surface area contributed by atoms with Crippen molar-refractivity contribution in [3.05, 3.63) is 16.8 Å². The number of nitrogens with zero attached hydrogens (tertiary/aromatic N) is 3. The second-order valence-corrected chi connectivity index (χ2v) is 8.95. The van der Waals surface area contributed by atoms with E-state index in [0.29, 0.717) is 12.4 Å². The van der Waals surface area contributed by atoms with Crippen LogP contribution in [0.4, 0.5) is 0 Å². The van der Waals surface area contributed by atoms with Gasteiger partial charge in [-0.3, -0.25) is 4.79 Å². The Bertz CT molecular complexity index is 790. The average Bonchev–Trinajstić information content (AvgIpc) is 2.94. The van der Waals surface area contributed by atoms with Gasteiger partial charge in [-0.05, 0) is 32.3 Å². The maximum atomic E-state index is 12.9. The number of carbonyl (C=O) groups is 1. The van der Waals surface area contributed by atoms with Gasteiger partial charge in [0.1, 0.15) is 16.2 Å². The standard InChI is InChI=1S/C18H23N3O2S2/c1-11-12(2)25-18-16(11)17(19-10-20-18)24-9-15(22)21-7-8-23-14-6-4-3-5-13(14)21/h10,13-14H,3-9H2,1-2H3/t13-,14+/m1/s1. The number of morpholine rings is 1. The van der Waals surface area contributed by atoms with Gasteiger partial charge in [0, 0.05) is 16.8 Å². The molecule has 2 fully saturated rings. The molecule has 4 rings (SSSR count). The molecule has 2 aromatic rings. The Morgan fingerprint density at radius 2 is 2.20 bits per heavy atom. The Morgan fingerprint density at radius 1 is 1.36 bits per heavy atom. The van der Waals surface area contributed by atoms with Crippen molar-refractivity contribution in [2.24, 2.45) is 0 Å². The van der Waals surface area contributed by atoms with Crippen LogP contribution in [0.2, 0.25) is 0 Å². The fourth-order valence-electron chi connectivity index (χ4n) is 3.88. The zero-order valence-corrected chi connectivity index (χ0v) is 16.3. The summed E-state index contributed by atoms with van der Waals surface area (Å²) in [6.45, 7) is 5.60. The molecule has 25 heavy (non-hydrogen) atoms. The molecule has 1 amide bonds. The van der Waals surface area contributed by atoms with Crippen LogP contribution in [-0.4, -0.2) is 51.8 Å². The first-order chi connectivity index (χ1) is 12.1. The maximum Gasteiger partial charge on any atom is 0.233 e. The summed E-state index contributed by atoms with van der Waals surface area (Å²) in [5.74, 6) is 0.644. The molecule has 3 heterocycles. The minimum atomic E-state index is 0.210. The van der Waals surface area contributed by atoms with E-state index in [1.54, 1.807) is 29.4 Å². The van der Waals surface area contributed by atoms with Crippen molar-refractivity contribution >= 4 is 39.2 Å². The molecule has 1 aliphatic carbocycles. The highest BCUT2D eigenvalue weighted by atomic mass is 32.2. The maximum absolute atomic E-state index is 12.9. The molecule has 1 saturated carbocycles. The summed E-state index contributed by atoms with van der Waals surface area (Å²) in [4.78, 5) is 26.0. The number of thiophene rings is 1. The Labute approximate surface area is 156 Å². The number of carbonyl (C=O) groups excluding carboxylic acids is 1. The molecule has 0 unspecified atom stereocenters. The SMILES string of the molecule is Cc1sc2ncnc(SCC(=O)N3CCO[C@H]4CCCC[C@H]43)c2c1C. The van der Waals surface area contributed by atoms with Crippen LogP contribution in [0.3, 0.4) is 0 Å². The van der Waals surface area contributed by atoms with E-state index in [2.05, 4.69) is 28.7 Å². The zero-order valence-electron chi connectivity index (χ0n) is 14.7. The van der Waals surface area contributed by atoms with Gasteiger partial charge in [-0.15, -0.1) is 11.3 Å². The van der Waals surface area contributed by atoms with Crippen molar-refractivity contribution in [2.45, 2.75) is 56.7 Å². The monoisotopic (exact) mass is 377 g/mol. The summed E-state index contributed by atoms with van der Waals surface area (Å²) in [7, 11) is 0. The molecule has 0 N–H and O–H groups in total. The minimum Gasteiger partial charge on any atom is -0.374 e. The van der Waals surface area contributed by atoms with Crippen LogP contribution in [0.5, 0.6) is 0 Å². The third kappa shape index (κ3) is 3.29. The lowest BCUT2D eigenvalue weighted by molar-refractivity contribution is -0.146. The van der Waals surface area contributed by atoms with Crippen LogP contribution in [0.1, 0.15) is 36.1 Å². The molecule has 0 aromatic carbocycles. The summed E-state index contributed by atoms with van der Waals surface area (Å²) in [5, 5.41) is 2.04. The van der Waals surface area contributed by atoms with Crippen molar-refractivity contribution in [3.63, 3.8) is 0 Å². The lowest BCUT2D eigenvalue weighted by Gasteiger charge is -2.43. The predicted molar refractivity (Wildman–Crippen MR) is 101 cm³/mol. The van der Waals surface area contributed by atoms with Crippen LogP contribution < -0.4 is 0 Å². The molecule has 0 radical (unpaired) electrons. The minimum absolute atomic E-state index is 0.210. The first-order valence-corrected chi connectivity index (χ1v) is 10.7. The second-order valence-electron chi connectivity index (χ2n) is 6.78. The van der Waals surface area contributed by atoms with E-state index in [9.17, 15) is 4.79 Å². The van der Waals surface area contributed by atoms with Crippen molar-refractivity contribution in [1.29, 1.82) is 0 Å². The van der Waals surface area contributed by atoms with Gasteiger partial charge in [0.05, 0.1) is 24.5 Å². The first-order valence-electron chi connectivity index (χ1n) is 8.89. The number of thioether (sulfide) groups is 1. The van der Waals surface area contributed by atoms with Crippen LogP contribution >= 0.6 is 23.1 Å². The number of fused-ring (bicyclic) bond motifs is 2. The van der Waals surface area contributed by atoms with E-state index >= 15 is 0 Å². The molecular weight excluding hydrogens is 354 g/mol. The molecule has 2 aromatic heterocycles. The third-order valence-electron chi connectivity index (χ3n) is 5.32. The van der Waals surface area contributed by atoms with Crippen LogP contribution in [-0.2, 0) is 9.53 Å². The largest absolute Gasteiger partial charge is 0.374 e. The lowest BCUT2D eigenvalue weighted by Crippen LogP contribution is -2.55. The molecule has 7 heteroatoms. The van der Waals surface area contributed by atoms with Gasteiger partial charge >= 0.3 is 0 Å². The van der Waals surface area contributed by atoms with Gasteiger partial charge in [-0.2, -0.15) is 0 Å². The normalized spacial score (nSPS) is 23.7. The zero-order chi connectivity index (χ0) is 17.4. The van der Waals surface area contributed by atoms with Gasteiger partial charge in [-0.25, -0.2) is 9.97 Å². The highest BCUT2D eigenvalue weighted by Crippen LogP contribution is 2.35. The van der Waals surface area contributed by atoms with Gasteiger partial charge in [0.25, 0.3) is 0 Å². The van der Waals surface area contributed by atoms with Crippen LogP contribution in [0.25, 0.3) is 10.2 Å². The summed E-state index contributed by atoms with van der Waals surface area (Å²) in [5.41, 5.74) is 1.23. The Kier molecular flexibility index (Phi) is 4.97. The van der Waals surface area contributed by atoms with Gasteiger partial charge in [0.2, 0.25) is 5.91 Å². The number of hydrogen-bond acceptors (Lipinski definition) is 6. The number of amides is 1. The van der Waals surface area contributed by atoms with Gasteiger partial charge in [-0.1, -0.05) is 24.6 Å². The number of aromatic nitrogens is 2. The number of hydrogen-bond donors (Lipinski definition) is 0. The number of ether oxygens (including phenoxy) is 1. The molecule has 0 spiro atoms. The molecule has 5 nitrogen and oxygen atoms in total. The van der Waals surface area contributed by atoms with Crippen molar-refractivity contribution in [1.82, 2.24) is 14.9 Å². The average molecular weight is 378 g/mol. The summed E-state index contributed by atoms with van der Waals surface area (Å²) in [6, 6.07) is 0.270. The van der Waals surface area contributed by atoms with Crippen molar-refractivity contribution < 1.29 is 9.53 Å². The van der Waals surface area contributed by atoms with E-state index in [-0.39, 0.29) is 18.1 Å². The van der Waals surface area contributed by atoms with Crippen molar-refractivity contribution in [3.8, 4) is 0 Å². The van der Waals surface area contributed by atoms with Gasteiger partial charge < -0.3 is 9.64 Å². The Balaban J connectivity index is 1.49. The quantitative estimate of drug-likeness (QED) is 0.605. The van der Waals surface area contributed by atoms with Crippen molar-refractivity contribution in [2.75, 3.05) is 18.9 Å². The van der Waals surface area contributed by atoms with E-state index in [4.69, 9.17) is 4.74 Å². The molecule has 2 atom stereocenters. The second kappa shape index (κ2) is 7.21. The summed E-state index contributed by atoms with van der Waals surface area (Å²) < 4.78 is 5.88. The number of rotatable bonds is 3. The smallest absolute Gasteiger partial charge is 0.233 e. The van der Waals surface area contributed by atoms with Crippen LogP contribution in [0, 0.1) is 13.8 Å². The highest BCUT2D eigenvalue weighted by Gasteiger charge is 2.36.